The highest BCUT2D eigenvalue weighted by Gasteiger charge is 2.14. The third-order valence-electron chi connectivity index (χ3n) is 4.50. The van der Waals surface area contributed by atoms with Crippen LogP contribution in [-0.4, -0.2) is 25.1 Å². The Bertz CT molecular complexity index is 746. The molecule has 26 heavy (non-hydrogen) atoms. The molecule has 0 aromatic heterocycles. The van der Waals surface area contributed by atoms with Crippen molar-refractivity contribution >= 4 is 0 Å². The molecule has 0 amide bonds. The van der Waals surface area contributed by atoms with E-state index in [1.807, 2.05) is 12.1 Å². The van der Waals surface area contributed by atoms with Gasteiger partial charge in [0.1, 0.15) is 6.10 Å². The predicted molar refractivity (Wildman–Crippen MR) is 108 cm³/mol. The summed E-state index contributed by atoms with van der Waals surface area (Å²) in [5, 5.41) is 0. The van der Waals surface area contributed by atoms with Gasteiger partial charge in [0.05, 0.1) is 6.61 Å². The smallest absolute Gasteiger partial charge is 0.108 e. The van der Waals surface area contributed by atoms with Crippen LogP contribution in [0.4, 0.5) is 0 Å². The van der Waals surface area contributed by atoms with E-state index in [0.717, 1.165) is 13.1 Å². The lowest BCUT2D eigenvalue weighted by Crippen LogP contribution is -2.24. The number of aryl methyl sites for hydroxylation is 1. The molecule has 0 aliphatic rings. The molecule has 3 aromatic carbocycles. The number of ether oxygens (including phenoxy) is 1. The summed E-state index contributed by atoms with van der Waals surface area (Å²) in [7, 11) is 2.14. The lowest BCUT2D eigenvalue weighted by atomic mass is 10.0. The van der Waals surface area contributed by atoms with Crippen molar-refractivity contribution in [2.45, 2.75) is 19.6 Å². The maximum absolute atomic E-state index is 6.30. The van der Waals surface area contributed by atoms with Crippen molar-refractivity contribution in [3.63, 3.8) is 0 Å². The Morgan fingerprint density at radius 1 is 0.808 bits per heavy atom. The fourth-order valence-electron chi connectivity index (χ4n) is 3.17. The second kappa shape index (κ2) is 9.33. The fraction of sp³-hybridized carbons (Fsp3) is 0.250. The first kappa shape index (κ1) is 18.4. The van der Waals surface area contributed by atoms with Crippen LogP contribution in [0.15, 0.2) is 84.9 Å². The zero-order chi connectivity index (χ0) is 18.2. The molecule has 0 radical (unpaired) electrons. The van der Waals surface area contributed by atoms with E-state index >= 15 is 0 Å². The second-order valence-electron chi connectivity index (χ2n) is 6.80. The van der Waals surface area contributed by atoms with Crippen LogP contribution < -0.4 is 0 Å². The first-order valence-corrected chi connectivity index (χ1v) is 9.18. The summed E-state index contributed by atoms with van der Waals surface area (Å²) in [5.41, 5.74) is 5.04. The van der Waals surface area contributed by atoms with E-state index in [4.69, 9.17) is 4.74 Å². The topological polar surface area (TPSA) is 12.5 Å². The summed E-state index contributed by atoms with van der Waals surface area (Å²) in [6.45, 7) is 4.66. The average Bonchev–Trinajstić information content (AvgIpc) is 2.67. The molecule has 0 heterocycles. The van der Waals surface area contributed by atoms with E-state index in [0.29, 0.717) is 6.61 Å². The molecule has 0 saturated heterocycles. The third-order valence-corrected chi connectivity index (χ3v) is 4.50. The van der Waals surface area contributed by atoms with Crippen molar-refractivity contribution in [2.24, 2.45) is 0 Å². The SMILES string of the molecule is Cc1cccc(CN(C)CCOC(c2ccccc2)c2ccccc2)c1. The van der Waals surface area contributed by atoms with Gasteiger partial charge in [-0.15, -0.1) is 0 Å². The van der Waals surface area contributed by atoms with Gasteiger partial charge in [0, 0.05) is 13.1 Å². The number of likely N-dealkylation sites (N-methyl/N-ethyl adjacent to an activating group) is 1. The van der Waals surface area contributed by atoms with Crippen molar-refractivity contribution in [3.05, 3.63) is 107 Å². The van der Waals surface area contributed by atoms with E-state index in [2.05, 4.69) is 91.7 Å². The molecule has 2 nitrogen and oxygen atoms in total. The highest BCUT2D eigenvalue weighted by molar-refractivity contribution is 5.29. The van der Waals surface area contributed by atoms with Crippen molar-refractivity contribution < 1.29 is 4.74 Å². The molecular weight excluding hydrogens is 318 g/mol. The number of benzene rings is 3. The summed E-state index contributed by atoms with van der Waals surface area (Å²) < 4.78 is 6.30. The summed E-state index contributed by atoms with van der Waals surface area (Å²) in [4.78, 5) is 2.31. The van der Waals surface area contributed by atoms with Crippen LogP contribution in [0.5, 0.6) is 0 Å². The Hall–Kier alpha value is -2.42. The third kappa shape index (κ3) is 5.29. The molecule has 2 heteroatoms. The minimum atomic E-state index is -0.0234. The predicted octanol–water partition coefficient (Wildman–Crippen LogP) is 5.23. The Kier molecular flexibility index (Phi) is 6.59. The molecule has 0 aliphatic heterocycles. The second-order valence-corrected chi connectivity index (χ2v) is 6.80. The number of nitrogens with zero attached hydrogens (tertiary/aromatic N) is 1. The summed E-state index contributed by atoms with van der Waals surface area (Å²) in [6.07, 6.45) is -0.0234. The van der Waals surface area contributed by atoms with Gasteiger partial charge in [-0.1, -0.05) is 90.5 Å². The van der Waals surface area contributed by atoms with Gasteiger partial charge < -0.3 is 4.74 Å². The molecule has 0 aliphatic carbocycles. The van der Waals surface area contributed by atoms with Gasteiger partial charge in [-0.3, -0.25) is 4.90 Å². The zero-order valence-corrected chi connectivity index (χ0v) is 15.6. The summed E-state index contributed by atoms with van der Waals surface area (Å²) in [6, 6.07) is 29.6. The molecule has 134 valence electrons. The number of rotatable bonds is 8. The largest absolute Gasteiger partial charge is 0.367 e. The Labute approximate surface area is 157 Å². The lowest BCUT2D eigenvalue weighted by Gasteiger charge is -2.22. The molecule has 0 saturated carbocycles. The first-order valence-electron chi connectivity index (χ1n) is 9.18. The van der Waals surface area contributed by atoms with E-state index in [-0.39, 0.29) is 6.10 Å². The molecule has 0 N–H and O–H groups in total. The van der Waals surface area contributed by atoms with Crippen LogP contribution >= 0.6 is 0 Å². The first-order chi connectivity index (χ1) is 12.7. The van der Waals surface area contributed by atoms with Gasteiger partial charge in [-0.25, -0.2) is 0 Å². The lowest BCUT2D eigenvalue weighted by molar-refractivity contribution is 0.0635. The van der Waals surface area contributed by atoms with E-state index in [1.54, 1.807) is 0 Å². The van der Waals surface area contributed by atoms with Crippen LogP contribution in [0, 0.1) is 6.92 Å². The molecule has 0 unspecified atom stereocenters. The van der Waals surface area contributed by atoms with Crippen LogP contribution in [-0.2, 0) is 11.3 Å². The molecule has 0 atom stereocenters. The van der Waals surface area contributed by atoms with Crippen molar-refractivity contribution in [1.29, 1.82) is 0 Å². The standard InChI is InChI=1S/C24H27NO/c1-20-10-9-11-21(18-20)19-25(2)16-17-26-24(22-12-5-3-6-13-22)23-14-7-4-8-15-23/h3-15,18,24H,16-17,19H2,1-2H3. The van der Waals surface area contributed by atoms with E-state index in [1.165, 1.54) is 22.3 Å². The molecule has 0 spiro atoms. The molecule has 3 rings (SSSR count). The van der Waals surface area contributed by atoms with Crippen molar-refractivity contribution in [1.82, 2.24) is 4.90 Å². The summed E-state index contributed by atoms with van der Waals surface area (Å²) >= 11 is 0. The van der Waals surface area contributed by atoms with Crippen molar-refractivity contribution in [3.8, 4) is 0 Å². The van der Waals surface area contributed by atoms with Crippen LogP contribution in [0.3, 0.4) is 0 Å². The monoisotopic (exact) mass is 345 g/mol. The molecular formula is C24H27NO. The maximum atomic E-state index is 6.30. The molecule has 3 aromatic rings. The molecule has 0 fully saturated rings. The Morgan fingerprint density at radius 3 is 2.00 bits per heavy atom. The minimum Gasteiger partial charge on any atom is -0.367 e. The van der Waals surface area contributed by atoms with Gasteiger partial charge in [-0.2, -0.15) is 0 Å². The fourth-order valence-corrected chi connectivity index (χ4v) is 3.17. The van der Waals surface area contributed by atoms with Crippen molar-refractivity contribution in [2.75, 3.05) is 20.2 Å². The van der Waals surface area contributed by atoms with Gasteiger partial charge >= 0.3 is 0 Å². The number of hydrogen-bond acceptors (Lipinski definition) is 2. The minimum absolute atomic E-state index is 0.0234. The van der Waals surface area contributed by atoms with Gasteiger partial charge in [-0.05, 0) is 30.7 Å². The highest BCUT2D eigenvalue weighted by atomic mass is 16.5. The van der Waals surface area contributed by atoms with Gasteiger partial charge in [0.2, 0.25) is 0 Å². The average molecular weight is 345 g/mol. The molecule has 0 bridgehead atoms. The van der Waals surface area contributed by atoms with E-state index < -0.39 is 0 Å². The van der Waals surface area contributed by atoms with Crippen LogP contribution in [0.2, 0.25) is 0 Å². The Balaban J connectivity index is 1.60. The normalized spacial score (nSPS) is 11.2. The number of hydrogen-bond donors (Lipinski definition) is 0. The quantitative estimate of drug-likeness (QED) is 0.554. The summed E-state index contributed by atoms with van der Waals surface area (Å²) in [5.74, 6) is 0. The van der Waals surface area contributed by atoms with Gasteiger partial charge in [0.15, 0.2) is 0 Å². The van der Waals surface area contributed by atoms with Gasteiger partial charge in [0.25, 0.3) is 0 Å². The maximum Gasteiger partial charge on any atom is 0.108 e. The highest BCUT2D eigenvalue weighted by Crippen LogP contribution is 2.25. The van der Waals surface area contributed by atoms with Crippen LogP contribution in [0.1, 0.15) is 28.4 Å². The zero-order valence-electron chi connectivity index (χ0n) is 15.6. The Morgan fingerprint density at radius 2 is 1.42 bits per heavy atom. The van der Waals surface area contributed by atoms with E-state index in [9.17, 15) is 0 Å². The van der Waals surface area contributed by atoms with Crippen LogP contribution in [0.25, 0.3) is 0 Å².